The molecule has 2 aromatic carbocycles. The van der Waals surface area contributed by atoms with Gasteiger partial charge in [-0.1, -0.05) is 0 Å². The van der Waals surface area contributed by atoms with Crippen LogP contribution in [0.5, 0.6) is 0 Å². The third kappa shape index (κ3) is 6.64. The molecular formula is C21H25N3O5Se. The number of hydrogen-bond donors (Lipinski definition) is 1. The molecule has 0 bridgehead atoms. The van der Waals surface area contributed by atoms with E-state index >= 15 is 0 Å². The summed E-state index contributed by atoms with van der Waals surface area (Å²) in [6, 6.07) is 13.0. The van der Waals surface area contributed by atoms with Gasteiger partial charge >= 0.3 is 181 Å². The average Bonchev–Trinajstić information content (AvgIpc) is 2.73. The third-order valence-corrected chi connectivity index (χ3v) is 7.52. The van der Waals surface area contributed by atoms with Crippen LogP contribution in [0.15, 0.2) is 48.5 Å². The molecule has 2 aromatic rings. The Morgan fingerprint density at radius 2 is 1.53 bits per heavy atom. The molecule has 0 unspecified atom stereocenters. The van der Waals surface area contributed by atoms with Gasteiger partial charge in [0.25, 0.3) is 0 Å². The Labute approximate surface area is 181 Å². The minimum absolute atomic E-state index is 0.0699. The molecule has 2 atom stereocenters. The summed E-state index contributed by atoms with van der Waals surface area (Å²) in [5.74, 6) is -0.523. The number of hydrogen-bond acceptors (Lipinski definition) is 5. The van der Waals surface area contributed by atoms with Gasteiger partial charge in [0.1, 0.15) is 0 Å². The number of nitrogens with zero attached hydrogens (tertiary/aromatic N) is 2. The van der Waals surface area contributed by atoms with Crippen molar-refractivity contribution in [1.29, 1.82) is 0 Å². The van der Waals surface area contributed by atoms with Crippen molar-refractivity contribution in [1.82, 2.24) is 5.32 Å². The standard InChI is InChI=1S/C21H25N3O5Se/c1-3-8-19(20(9-4-2)30-18-10-6-5-7-11-18)22-21(25)15-12-16(23(26)27)14-17(13-15)24(28)29/h5-7,10-14,19-20H,3-4,8-9H2,1-2H3,(H,22,25)/t19-,20-/m1/s1. The Morgan fingerprint density at radius 3 is 2.03 bits per heavy atom. The van der Waals surface area contributed by atoms with Gasteiger partial charge in [0, 0.05) is 0 Å². The Balaban J connectivity index is 2.28. The van der Waals surface area contributed by atoms with E-state index in [1.54, 1.807) is 0 Å². The summed E-state index contributed by atoms with van der Waals surface area (Å²) in [6.45, 7) is 4.14. The predicted molar refractivity (Wildman–Crippen MR) is 116 cm³/mol. The fourth-order valence-corrected chi connectivity index (χ4v) is 6.06. The van der Waals surface area contributed by atoms with Crippen molar-refractivity contribution in [3.05, 3.63) is 74.3 Å². The van der Waals surface area contributed by atoms with Crippen molar-refractivity contribution in [2.45, 2.75) is 50.4 Å². The topological polar surface area (TPSA) is 115 Å². The van der Waals surface area contributed by atoms with Crippen LogP contribution < -0.4 is 9.78 Å². The molecule has 0 saturated heterocycles. The number of non-ortho nitro benzene ring substituents is 2. The summed E-state index contributed by atoms with van der Waals surface area (Å²) in [4.78, 5) is 33.9. The van der Waals surface area contributed by atoms with Crippen molar-refractivity contribution in [2.24, 2.45) is 0 Å². The van der Waals surface area contributed by atoms with Crippen LogP contribution in [0.25, 0.3) is 0 Å². The first-order chi connectivity index (χ1) is 14.3. The molecule has 0 aromatic heterocycles. The summed E-state index contributed by atoms with van der Waals surface area (Å²) < 4.78 is 1.24. The number of amides is 1. The summed E-state index contributed by atoms with van der Waals surface area (Å²) in [5.41, 5.74) is -1.01. The molecule has 0 aliphatic carbocycles. The quantitative estimate of drug-likeness (QED) is 0.298. The maximum absolute atomic E-state index is 12.9. The van der Waals surface area contributed by atoms with E-state index in [9.17, 15) is 25.0 Å². The van der Waals surface area contributed by atoms with Crippen LogP contribution in [0, 0.1) is 20.2 Å². The van der Waals surface area contributed by atoms with Gasteiger partial charge in [0.2, 0.25) is 0 Å². The Hall–Kier alpha value is -2.77. The van der Waals surface area contributed by atoms with Crippen LogP contribution in [0.4, 0.5) is 11.4 Å². The fourth-order valence-electron chi connectivity index (χ4n) is 3.15. The summed E-state index contributed by atoms with van der Waals surface area (Å²) >= 11 is 0.138. The Kier molecular flexibility index (Phi) is 8.95. The Morgan fingerprint density at radius 1 is 0.967 bits per heavy atom. The molecule has 0 spiro atoms. The molecule has 1 amide bonds. The van der Waals surface area contributed by atoms with Gasteiger partial charge in [-0.15, -0.1) is 0 Å². The van der Waals surface area contributed by atoms with Gasteiger partial charge in [0.15, 0.2) is 0 Å². The molecular weight excluding hydrogens is 453 g/mol. The summed E-state index contributed by atoms with van der Waals surface area (Å²) in [5, 5.41) is 25.3. The van der Waals surface area contributed by atoms with E-state index in [4.69, 9.17) is 0 Å². The minimum atomic E-state index is -0.730. The molecule has 0 saturated carbocycles. The zero-order valence-corrected chi connectivity index (χ0v) is 18.7. The molecule has 2 rings (SSSR count). The second-order valence-corrected chi connectivity index (χ2v) is 9.63. The number of benzene rings is 2. The molecule has 0 heterocycles. The second-order valence-electron chi connectivity index (χ2n) is 6.88. The number of rotatable bonds is 11. The van der Waals surface area contributed by atoms with E-state index < -0.39 is 27.1 Å². The third-order valence-electron chi connectivity index (χ3n) is 4.56. The van der Waals surface area contributed by atoms with E-state index in [-0.39, 0.29) is 31.4 Å². The van der Waals surface area contributed by atoms with Gasteiger partial charge in [-0.05, 0) is 0 Å². The summed E-state index contributed by atoms with van der Waals surface area (Å²) in [6.07, 6.45) is 3.54. The number of carbonyl (C=O) groups is 1. The average molecular weight is 478 g/mol. The number of nitro benzene ring substituents is 2. The second kappa shape index (κ2) is 11.4. The van der Waals surface area contributed by atoms with E-state index in [2.05, 4.69) is 24.4 Å². The molecule has 0 radical (unpaired) electrons. The van der Waals surface area contributed by atoms with Crippen LogP contribution >= 0.6 is 0 Å². The van der Waals surface area contributed by atoms with Gasteiger partial charge in [-0.2, -0.15) is 0 Å². The van der Waals surface area contributed by atoms with Gasteiger partial charge in [-0.25, -0.2) is 0 Å². The number of nitrogens with one attached hydrogen (secondary N) is 1. The van der Waals surface area contributed by atoms with Crippen molar-refractivity contribution >= 4 is 36.7 Å². The first kappa shape index (κ1) is 23.5. The van der Waals surface area contributed by atoms with Crippen molar-refractivity contribution < 1.29 is 14.6 Å². The number of nitro groups is 2. The molecule has 0 fully saturated rings. The normalized spacial score (nSPS) is 12.7. The summed E-state index contributed by atoms with van der Waals surface area (Å²) in [7, 11) is 0. The SMILES string of the molecule is CCC[C@@H](NC(=O)c1cc([N+](=O)[O-])cc([N+](=O)[O-])c1)[C@@H](CCC)[Se]c1ccccc1. The van der Waals surface area contributed by atoms with Crippen LogP contribution in [0.3, 0.4) is 0 Å². The first-order valence-electron chi connectivity index (χ1n) is 9.82. The first-order valence-corrected chi connectivity index (χ1v) is 11.7. The van der Waals surface area contributed by atoms with Gasteiger partial charge in [-0.3, -0.25) is 0 Å². The molecule has 9 heteroatoms. The predicted octanol–water partition coefficient (Wildman–Crippen LogP) is 4.02. The Bertz CT molecular complexity index is 859. The van der Waals surface area contributed by atoms with E-state index in [1.165, 1.54) is 4.46 Å². The van der Waals surface area contributed by atoms with E-state index in [0.29, 0.717) is 0 Å². The van der Waals surface area contributed by atoms with Gasteiger partial charge in [0.05, 0.1) is 0 Å². The molecule has 0 aliphatic rings. The monoisotopic (exact) mass is 479 g/mol. The van der Waals surface area contributed by atoms with Crippen LogP contribution in [0.2, 0.25) is 4.82 Å². The number of carbonyl (C=O) groups excluding carboxylic acids is 1. The van der Waals surface area contributed by atoms with Crippen molar-refractivity contribution in [2.75, 3.05) is 0 Å². The van der Waals surface area contributed by atoms with Gasteiger partial charge < -0.3 is 0 Å². The van der Waals surface area contributed by atoms with E-state index in [0.717, 1.165) is 43.9 Å². The van der Waals surface area contributed by atoms with E-state index in [1.807, 2.05) is 25.1 Å². The van der Waals surface area contributed by atoms with Crippen LogP contribution in [-0.4, -0.2) is 36.8 Å². The van der Waals surface area contributed by atoms with Crippen molar-refractivity contribution in [3.63, 3.8) is 0 Å². The zero-order valence-electron chi connectivity index (χ0n) is 16.9. The van der Waals surface area contributed by atoms with Crippen LogP contribution in [0.1, 0.15) is 49.9 Å². The maximum atomic E-state index is 12.9. The molecule has 0 aliphatic heterocycles. The van der Waals surface area contributed by atoms with Crippen LogP contribution in [-0.2, 0) is 0 Å². The fraction of sp³-hybridized carbons (Fsp3) is 0.381. The molecule has 160 valence electrons. The van der Waals surface area contributed by atoms with Crippen molar-refractivity contribution in [3.8, 4) is 0 Å². The molecule has 1 N–H and O–H groups in total. The molecule has 30 heavy (non-hydrogen) atoms. The zero-order chi connectivity index (χ0) is 22.1. The molecule has 8 nitrogen and oxygen atoms in total.